The van der Waals surface area contributed by atoms with Crippen molar-refractivity contribution in [3.8, 4) is 5.75 Å². The molecule has 1 aliphatic rings. The van der Waals surface area contributed by atoms with E-state index in [-0.39, 0.29) is 27.9 Å². The molecule has 1 aromatic heterocycles. The van der Waals surface area contributed by atoms with E-state index in [0.29, 0.717) is 23.8 Å². The molecule has 6 heteroatoms. The Labute approximate surface area is 144 Å². The Morgan fingerprint density at radius 1 is 1.25 bits per heavy atom. The molecule has 1 heterocycles. The van der Waals surface area contributed by atoms with Gasteiger partial charge >= 0.3 is 5.63 Å². The van der Waals surface area contributed by atoms with E-state index in [1.165, 1.54) is 6.07 Å². The lowest BCUT2D eigenvalue weighted by molar-refractivity contribution is -0.123. The van der Waals surface area contributed by atoms with Gasteiger partial charge in [-0.2, -0.15) is 0 Å². The Morgan fingerprint density at radius 2 is 1.88 bits per heavy atom. The van der Waals surface area contributed by atoms with Gasteiger partial charge in [0.2, 0.25) is 5.91 Å². The Morgan fingerprint density at radius 3 is 2.50 bits per heavy atom. The third kappa shape index (κ3) is 2.77. The number of phenolic OH excluding ortho intramolecular Hbond substituents is 1. The Bertz CT molecular complexity index is 893. The lowest BCUT2D eigenvalue weighted by Gasteiger charge is -2.22. The molecule has 0 bridgehead atoms. The number of carbonyl (C=O) groups excluding carboxylic acids is 1. The molecule has 1 aromatic carbocycles. The maximum Gasteiger partial charge on any atom is 0.339 e. The maximum atomic E-state index is 12.4. The highest BCUT2D eigenvalue weighted by atomic mass is 35.5. The van der Waals surface area contributed by atoms with Crippen molar-refractivity contribution in [1.29, 1.82) is 0 Å². The van der Waals surface area contributed by atoms with Crippen LogP contribution in [-0.4, -0.2) is 11.0 Å². The molecular formula is C18H20ClNO4. The molecule has 3 rings (SSSR count). The molecule has 2 aromatic rings. The molecule has 0 unspecified atom stereocenters. The van der Waals surface area contributed by atoms with E-state index in [2.05, 4.69) is 5.32 Å². The quantitative estimate of drug-likeness (QED) is 0.602. The molecule has 2 N–H and O–H groups in total. The zero-order chi connectivity index (χ0) is 17.6. The van der Waals surface area contributed by atoms with Crippen molar-refractivity contribution in [2.24, 2.45) is 5.41 Å². The minimum Gasteiger partial charge on any atom is -0.506 e. The zero-order valence-corrected chi connectivity index (χ0v) is 14.7. The summed E-state index contributed by atoms with van der Waals surface area (Å²) >= 11 is 6.17. The van der Waals surface area contributed by atoms with Gasteiger partial charge in [-0.25, -0.2) is 4.79 Å². The largest absolute Gasteiger partial charge is 0.506 e. The highest BCUT2D eigenvalue weighted by Gasteiger charge is 2.27. The van der Waals surface area contributed by atoms with Crippen molar-refractivity contribution >= 4 is 34.2 Å². The summed E-state index contributed by atoms with van der Waals surface area (Å²) in [4.78, 5) is 24.6. The number of halogens is 1. The molecule has 0 fully saturated rings. The third-order valence-electron chi connectivity index (χ3n) is 4.34. The highest BCUT2D eigenvalue weighted by molar-refractivity contribution is 6.36. The first-order valence-corrected chi connectivity index (χ1v) is 8.39. The molecular weight excluding hydrogens is 330 g/mol. The molecule has 0 radical (unpaired) electrons. The molecule has 0 saturated heterocycles. The van der Waals surface area contributed by atoms with Gasteiger partial charge in [-0.15, -0.1) is 0 Å². The van der Waals surface area contributed by atoms with Crippen LogP contribution in [0.4, 0.5) is 5.69 Å². The first-order valence-electron chi connectivity index (χ1n) is 8.01. The number of aryl methyl sites for hydroxylation is 1. The Balaban J connectivity index is 2.32. The summed E-state index contributed by atoms with van der Waals surface area (Å²) in [6.45, 7) is 5.35. The van der Waals surface area contributed by atoms with Gasteiger partial charge in [0.25, 0.3) is 0 Å². The molecule has 0 aliphatic heterocycles. The predicted molar refractivity (Wildman–Crippen MR) is 93.9 cm³/mol. The van der Waals surface area contributed by atoms with E-state index in [0.717, 1.165) is 18.4 Å². The van der Waals surface area contributed by atoms with Gasteiger partial charge in [-0.05, 0) is 31.2 Å². The van der Waals surface area contributed by atoms with Crippen molar-refractivity contribution in [3.63, 3.8) is 0 Å². The van der Waals surface area contributed by atoms with Gasteiger partial charge in [0.05, 0.1) is 16.1 Å². The number of nitrogens with one attached hydrogen (secondary N) is 1. The fourth-order valence-electron chi connectivity index (χ4n) is 2.99. The monoisotopic (exact) mass is 349 g/mol. The molecule has 0 atom stereocenters. The van der Waals surface area contributed by atoms with Crippen LogP contribution in [0, 0.1) is 5.41 Å². The van der Waals surface area contributed by atoms with Gasteiger partial charge in [-0.3, -0.25) is 4.79 Å². The first-order chi connectivity index (χ1) is 11.2. The number of anilines is 1. The minimum atomic E-state index is -0.631. The summed E-state index contributed by atoms with van der Waals surface area (Å²) in [6, 6.07) is 1.29. The van der Waals surface area contributed by atoms with E-state index < -0.39 is 11.0 Å². The fraction of sp³-hybridized carbons (Fsp3) is 0.444. The van der Waals surface area contributed by atoms with Crippen LogP contribution in [0.15, 0.2) is 15.3 Å². The molecule has 0 saturated carbocycles. The van der Waals surface area contributed by atoms with E-state index in [4.69, 9.17) is 16.0 Å². The van der Waals surface area contributed by atoms with E-state index in [9.17, 15) is 14.7 Å². The number of aromatic hydroxyl groups is 1. The van der Waals surface area contributed by atoms with Gasteiger partial charge < -0.3 is 14.8 Å². The second kappa shape index (κ2) is 5.81. The van der Waals surface area contributed by atoms with Crippen molar-refractivity contribution in [3.05, 3.63) is 32.6 Å². The number of benzene rings is 1. The Kier molecular flexibility index (Phi) is 4.08. The summed E-state index contributed by atoms with van der Waals surface area (Å²) < 4.78 is 5.40. The lowest BCUT2D eigenvalue weighted by Crippen LogP contribution is -2.28. The average molecular weight is 350 g/mol. The fourth-order valence-corrected chi connectivity index (χ4v) is 3.23. The van der Waals surface area contributed by atoms with Crippen LogP contribution in [0.5, 0.6) is 5.75 Å². The molecule has 24 heavy (non-hydrogen) atoms. The molecule has 128 valence electrons. The lowest BCUT2D eigenvalue weighted by atomic mass is 9.89. The van der Waals surface area contributed by atoms with Crippen molar-refractivity contribution in [1.82, 2.24) is 0 Å². The number of fused-ring (bicyclic) bond motifs is 3. The van der Waals surface area contributed by atoms with E-state index >= 15 is 0 Å². The van der Waals surface area contributed by atoms with E-state index in [1.54, 1.807) is 20.8 Å². The normalized spacial score (nSPS) is 14.5. The molecule has 1 aliphatic carbocycles. The van der Waals surface area contributed by atoms with Crippen LogP contribution in [0.3, 0.4) is 0 Å². The number of carbonyl (C=O) groups is 1. The van der Waals surface area contributed by atoms with Crippen LogP contribution in [0.25, 0.3) is 11.0 Å². The van der Waals surface area contributed by atoms with Crippen molar-refractivity contribution in [2.75, 3.05) is 5.32 Å². The van der Waals surface area contributed by atoms with Crippen molar-refractivity contribution in [2.45, 2.75) is 46.5 Å². The second-order valence-electron chi connectivity index (χ2n) is 7.21. The second-order valence-corrected chi connectivity index (χ2v) is 7.62. The summed E-state index contributed by atoms with van der Waals surface area (Å²) in [5.74, 6) is -0.371. The summed E-state index contributed by atoms with van der Waals surface area (Å²) in [5, 5.41) is 13.8. The van der Waals surface area contributed by atoms with Crippen LogP contribution in [0.1, 0.15) is 44.7 Å². The van der Waals surface area contributed by atoms with Crippen LogP contribution in [-0.2, 0) is 17.6 Å². The third-order valence-corrected chi connectivity index (χ3v) is 4.62. The smallest absolute Gasteiger partial charge is 0.339 e. The van der Waals surface area contributed by atoms with Gasteiger partial charge in [0.15, 0.2) is 5.58 Å². The van der Waals surface area contributed by atoms with E-state index in [1.807, 2.05) is 0 Å². The molecule has 0 spiro atoms. The predicted octanol–water partition coefficient (Wildman–Crippen LogP) is 4.02. The van der Waals surface area contributed by atoms with Gasteiger partial charge in [0, 0.05) is 17.0 Å². The molecule has 1 amide bonds. The SMILES string of the molecule is CC(C)(C)C(=O)Nc1c(O)cc(Cl)c2oc(=O)c3c(c12)CCCC3. The van der Waals surface area contributed by atoms with Crippen LogP contribution < -0.4 is 10.9 Å². The zero-order valence-electron chi connectivity index (χ0n) is 14.0. The topological polar surface area (TPSA) is 79.5 Å². The van der Waals surface area contributed by atoms with Crippen LogP contribution in [0.2, 0.25) is 5.02 Å². The number of amides is 1. The van der Waals surface area contributed by atoms with Crippen LogP contribution >= 0.6 is 11.6 Å². The Hall–Kier alpha value is -2.01. The summed E-state index contributed by atoms with van der Waals surface area (Å²) in [6.07, 6.45) is 3.17. The summed E-state index contributed by atoms with van der Waals surface area (Å²) in [7, 11) is 0. The number of hydrogen-bond acceptors (Lipinski definition) is 4. The average Bonchev–Trinajstić information content (AvgIpc) is 2.50. The first kappa shape index (κ1) is 16.8. The number of phenols is 1. The molecule has 5 nitrogen and oxygen atoms in total. The van der Waals surface area contributed by atoms with Gasteiger partial charge in [-0.1, -0.05) is 32.4 Å². The summed E-state index contributed by atoms with van der Waals surface area (Å²) in [5.41, 5.74) is 0.878. The highest BCUT2D eigenvalue weighted by Crippen LogP contribution is 2.41. The van der Waals surface area contributed by atoms with Crippen molar-refractivity contribution < 1.29 is 14.3 Å². The number of hydrogen-bond donors (Lipinski definition) is 2. The van der Waals surface area contributed by atoms with Gasteiger partial charge in [0.1, 0.15) is 5.75 Å². The standard InChI is InChI=1S/C18H20ClNO4/c1-18(2,3)17(23)20-14-12(21)8-11(19)15-13(14)9-6-4-5-7-10(9)16(22)24-15/h8,21H,4-7H2,1-3H3,(H,20,23). The maximum absolute atomic E-state index is 12.4. The number of rotatable bonds is 1. The minimum absolute atomic E-state index is 0.133.